The number of nitrogens with zero attached hydrogens (tertiary/aromatic N) is 2. The summed E-state index contributed by atoms with van der Waals surface area (Å²) in [5.41, 5.74) is 2.13. The third-order valence-corrected chi connectivity index (χ3v) is 3.95. The van der Waals surface area contributed by atoms with Gasteiger partial charge in [0, 0.05) is 12.5 Å². The minimum atomic E-state index is 0.181. The maximum Gasteiger partial charge on any atom is 0.223 e. The van der Waals surface area contributed by atoms with E-state index < -0.39 is 0 Å². The Labute approximate surface area is 112 Å². The Balaban J connectivity index is 1.78. The molecule has 0 atom stereocenters. The van der Waals surface area contributed by atoms with E-state index >= 15 is 0 Å². The molecule has 0 spiro atoms. The fraction of sp³-hybridized carbons (Fsp3) is 0.467. The first-order valence-corrected chi connectivity index (χ1v) is 7.01. The van der Waals surface area contributed by atoms with E-state index in [9.17, 15) is 4.79 Å². The molecule has 1 fully saturated rings. The molecule has 1 aromatic carbocycles. The number of aromatic nitrogens is 2. The molecule has 0 bridgehead atoms. The standard InChI is InChI=1S/C15H19N3O/c1-2-18-13-9-4-3-8-12(13)17-14(18)10-16-15(19)11-6-5-7-11/h3-4,8-9,11H,2,5-7,10H2,1H3,(H,16,19). The Bertz CT molecular complexity index is 598. The number of nitrogens with one attached hydrogen (secondary N) is 1. The van der Waals surface area contributed by atoms with Gasteiger partial charge in [-0.1, -0.05) is 18.6 Å². The molecule has 4 nitrogen and oxygen atoms in total. The number of imidazole rings is 1. The zero-order chi connectivity index (χ0) is 13.2. The van der Waals surface area contributed by atoms with E-state index in [0.717, 1.165) is 36.2 Å². The van der Waals surface area contributed by atoms with E-state index in [2.05, 4.69) is 27.9 Å². The summed E-state index contributed by atoms with van der Waals surface area (Å²) >= 11 is 0. The fourth-order valence-corrected chi connectivity index (χ4v) is 2.59. The summed E-state index contributed by atoms with van der Waals surface area (Å²) in [7, 11) is 0. The van der Waals surface area contributed by atoms with E-state index in [4.69, 9.17) is 0 Å². The van der Waals surface area contributed by atoms with Gasteiger partial charge in [-0.3, -0.25) is 4.79 Å². The summed E-state index contributed by atoms with van der Waals surface area (Å²) < 4.78 is 2.16. The first-order valence-electron chi connectivity index (χ1n) is 7.01. The number of para-hydroxylation sites is 2. The number of hydrogen-bond donors (Lipinski definition) is 1. The number of rotatable bonds is 4. The quantitative estimate of drug-likeness (QED) is 0.914. The van der Waals surface area contributed by atoms with Crippen LogP contribution in [-0.4, -0.2) is 15.5 Å². The largest absolute Gasteiger partial charge is 0.349 e. The van der Waals surface area contributed by atoms with Crippen LogP contribution in [0, 0.1) is 5.92 Å². The molecule has 0 aliphatic heterocycles. The second-order valence-corrected chi connectivity index (χ2v) is 5.11. The van der Waals surface area contributed by atoms with Crippen molar-refractivity contribution in [3.05, 3.63) is 30.1 Å². The van der Waals surface area contributed by atoms with Gasteiger partial charge in [0.1, 0.15) is 5.82 Å². The summed E-state index contributed by atoms with van der Waals surface area (Å²) in [5.74, 6) is 1.36. The topological polar surface area (TPSA) is 46.9 Å². The smallest absolute Gasteiger partial charge is 0.223 e. The molecule has 0 radical (unpaired) electrons. The first kappa shape index (κ1) is 12.2. The van der Waals surface area contributed by atoms with Crippen molar-refractivity contribution >= 4 is 16.9 Å². The fourth-order valence-electron chi connectivity index (χ4n) is 2.59. The van der Waals surface area contributed by atoms with Crippen molar-refractivity contribution in [1.29, 1.82) is 0 Å². The molecule has 1 amide bonds. The predicted octanol–water partition coefficient (Wildman–Crippen LogP) is 2.47. The Morgan fingerprint density at radius 1 is 1.42 bits per heavy atom. The SMILES string of the molecule is CCn1c(CNC(=O)C2CCC2)nc2ccccc21. The van der Waals surface area contributed by atoms with Crippen molar-refractivity contribution in [2.75, 3.05) is 0 Å². The molecule has 1 aliphatic rings. The molecule has 1 aromatic heterocycles. The van der Waals surface area contributed by atoms with E-state index in [-0.39, 0.29) is 11.8 Å². The zero-order valence-electron chi connectivity index (χ0n) is 11.2. The van der Waals surface area contributed by atoms with Crippen molar-refractivity contribution in [2.24, 2.45) is 5.92 Å². The number of benzene rings is 1. The third kappa shape index (κ3) is 2.23. The van der Waals surface area contributed by atoms with Gasteiger partial charge in [-0.15, -0.1) is 0 Å². The third-order valence-electron chi connectivity index (χ3n) is 3.95. The van der Waals surface area contributed by atoms with Gasteiger partial charge in [0.15, 0.2) is 0 Å². The van der Waals surface area contributed by atoms with Gasteiger partial charge in [0.25, 0.3) is 0 Å². The number of carbonyl (C=O) groups is 1. The molecule has 1 saturated carbocycles. The van der Waals surface area contributed by atoms with Crippen LogP contribution in [0.15, 0.2) is 24.3 Å². The van der Waals surface area contributed by atoms with Crippen molar-refractivity contribution in [3.63, 3.8) is 0 Å². The van der Waals surface area contributed by atoms with Crippen LogP contribution >= 0.6 is 0 Å². The molecule has 19 heavy (non-hydrogen) atoms. The average molecular weight is 257 g/mol. The second kappa shape index (κ2) is 5.03. The molecule has 1 N–H and O–H groups in total. The van der Waals surface area contributed by atoms with Gasteiger partial charge in [0.05, 0.1) is 17.6 Å². The summed E-state index contributed by atoms with van der Waals surface area (Å²) in [6, 6.07) is 8.10. The molecule has 4 heteroatoms. The van der Waals surface area contributed by atoms with Crippen LogP contribution in [0.5, 0.6) is 0 Å². The summed E-state index contributed by atoms with van der Waals surface area (Å²) in [6.07, 6.45) is 3.26. The molecule has 2 aromatic rings. The highest BCUT2D eigenvalue weighted by Crippen LogP contribution is 2.26. The van der Waals surface area contributed by atoms with Crippen molar-refractivity contribution in [2.45, 2.75) is 39.3 Å². The number of fused-ring (bicyclic) bond motifs is 1. The van der Waals surface area contributed by atoms with Crippen LogP contribution in [0.1, 0.15) is 32.0 Å². The Morgan fingerprint density at radius 3 is 2.89 bits per heavy atom. The lowest BCUT2D eigenvalue weighted by Gasteiger charge is -2.23. The molecular formula is C15H19N3O. The predicted molar refractivity (Wildman–Crippen MR) is 74.6 cm³/mol. The van der Waals surface area contributed by atoms with Gasteiger partial charge in [-0.2, -0.15) is 0 Å². The molecule has 0 saturated heterocycles. The normalized spacial score (nSPS) is 15.4. The van der Waals surface area contributed by atoms with E-state index in [0.29, 0.717) is 6.54 Å². The lowest BCUT2D eigenvalue weighted by molar-refractivity contribution is -0.127. The van der Waals surface area contributed by atoms with Crippen LogP contribution in [0.2, 0.25) is 0 Å². The van der Waals surface area contributed by atoms with Gasteiger partial charge >= 0.3 is 0 Å². The van der Waals surface area contributed by atoms with Crippen molar-refractivity contribution in [1.82, 2.24) is 14.9 Å². The molecule has 3 rings (SSSR count). The van der Waals surface area contributed by atoms with Crippen LogP contribution in [0.25, 0.3) is 11.0 Å². The van der Waals surface area contributed by atoms with E-state index in [1.807, 2.05) is 18.2 Å². The Hall–Kier alpha value is -1.84. The maximum atomic E-state index is 11.9. The highest BCUT2D eigenvalue weighted by molar-refractivity contribution is 5.79. The molecule has 100 valence electrons. The van der Waals surface area contributed by atoms with Crippen molar-refractivity contribution in [3.8, 4) is 0 Å². The highest BCUT2D eigenvalue weighted by Gasteiger charge is 2.25. The Morgan fingerprint density at radius 2 is 2.21 bits per heavy atom. The molecule has 0 unspecified atom stereocenters. The van der Waals surface area contributed by atoms with Gasteiger partial charge in [-0.25, -0.2) is 4.98 Å². The van der Waals surface area contributed by atoms with Crippen LogP contribution < -0.4 is 5.32 Å². The van der Waals surface area contributed by atoms with Crippen molar-refractivity contribution < 1.29 is 4.79 Å². The lowest BCUT2D eigenvalue weighted by Crippen LogP contribution is -2.34. The number of amides is 1. The minimum Gasteiger partial charge on any atom is -0.349 e. The minimum absolute atomic E-state index is 0.181. The van der Waals surface area contributed by atoms with E-state index in [1.165, 1.54) is 6.42 Å². The maximum absolute atomic E-state index is 11.9. The monoisotopic (exact) mass is 257 g/mol. The Kier molecular flexibility index (Phi) is 3.23. The molecule has 1 aliphatic carbocycles. The summed E-state index contributed by atoms with van der Waals surface area (Å²) in [6.45, 7) is 3.50. The average Bonchev–Trinajstić information content (AvgIpc) is 2.71. The zero-order valence-corrected chi connectivity index (χ0v) is 11.2. The number of carbonyl (C=O) groups excluding carboxylic acids is 1. The summed E-state index contributed by atoms with van der Waals surface area (Å²) in [5, 5.41) is 3.01. The van der Waals surface area contributed by atoms with E-state index in [1.54, 1.807) is 0 Å². The molecular weight excluding hydrogens is 238 g/mol. The first-order chi connectivity index (χ1) is 9.29. The van der Waals surface area contributed by atoms with Gasteiger partial charge in [-0.05, 0) is 31.9 Å². The van der Waals surface area contributed by atoms with Gasteiger partial charge in [0.2, 0.25) is 5.91 Å². The number of aryl methyl sites for hydroxylation is 1. The lowest BCUT2D eigenvalue weighted by atomic mass is 9.85. The van der Waals surface area contributed by atoms with Gasteiger partial charge < -0.3 is 9.88 Å². The van der Waals surface area contributed by atoms with Crippen LogP contribution in [-0.2, 0) is 17.9 Å². The number of hydrogen-bond acceptors (Lipinski definition) is 2. The highest BCUT2D eigenvalue weighted by atomic mass is 16.1. The molecule has 1 heterocycles. The summed E-state index contributed by atoms with van der Waals surface area (Å²) in [4.78, 5) is 16.5. The second-order valence-electron chi connectivity index (χ2n) is 5.11. The van der Waals surface area contributed by atoms with Crippen LogP contribution in [0.3, 0.4) is 0 Å². The van der Waals surface area contributed by atoms with Crippen LogP contribution in [0.4, 0.5) is 0 Å².